The number of benzene rings is 3. The number of hydrogen-bond acceptors (Lipinski definition) is 5. The van der Waals surface area contributed by atoms with Crippen LogP contribution in [0.5, 0.6) is 0 Å². The third kappa shape index (κ3) is 5.84. The molecule has 0 aliphatic rings. The molecule has 10 heteroatoms. The number of thioether (sulfide) groups is 1. The van der Waals surface area contributed by atoms with E-state index >= 15 is 0 Å². The number of halogens is 2. The molecule has 2 amide bonds. The quantitative estimate of drug-likeness (QED) is 0.370. The number of carbonyl (C=O) groups excluding carboxylic acids is 2. The zero-order valence-electron chi connectivity index (χ0n) is 17.7. The summed E-state index contributed by atoms with van der Waals surface area (Å²) in [7, 11) is 0. The van der Waals surface area contributed by atoms with E-state index < -0.39 is 11.7 Å². The summed E-state index contributed by atoms with van der Waals surface area (Å²) in [5, 5.41) is 14.2. The summed E-state index contributed by atoms with van der Waals surface area (Å²) >= 11 is 1.17. The van der Waals surface area contributed by atoms with Gasteiger partial charge in [0.1, 0.15) is 11.6 Å². The van der Waals surface area contributed by atoms with Crippen LogP contribution >= 0.6 is 11.8 Å². The fourth-order valence-electron chi connectivity index (χ4n) is 3.10. The smallest absolute Gasteiger partial charge is 0.251 e. The van der Waals surface area contributed by atoms with Crippen LogP contribution in [-0.4, -0.2) is 32.3 Å². The minimum atomic E-state index is -0.502. The molecule has 0 saturated carbocycles. The lowest BCUT2D eigenvalue weighted by atomic mass is 10.2. The molecule has 2 N–H and O–H groups in total. The summed E-state index contributed by atoms with van der Waals surface area (Å²) in [6.45, 7) is 0.0412. The van der Waals surface area contributed by atoms with Crippen LogP contribution in [0.4, 0.5) is 14.5 Å². The maximum absolute atomic E-state index is 13.4. The number of amides is 2. The standard InChI is InChI=1S/C24H19F2N5O2S/c25-17-9-11-19(12-10-17)28-22(32)15-34-24-30-29-21(31(24)20-7-2-1-3-8-20)14-27-23(33)16-5-4-6-18(26)13-16/h1-13H,14-15H2,(H,27,33)(H,28,32). The third-order valence-corrected chi connectivity index (χ3v) is 5.60. The fraction of sp³-hybridized carbons (Fsp3) is 0.0833. The minimum absolute atomic E-state index is 0.0397. The van der Waals surface area contributed by atoms with Gasteiger partial charge in [-0.3, -0.25) is 14.2 Å². The molecule has 1 heterocycles. The Balaban J connectivity index is 1.47. The van der Waals surface area contributed by atoms with Crippen LogP contribution in [0.3, 0.4) is 0 Å². The first-order valence-corrected chi connectivity index (χ1v) is 11.2. The van der Waals surface area contributed by atoms with E-state index in [9.17, 15) is 18.4 Å². The molecule has 0 saturated heterocycles. The molecule has 0 atom stereocenters. The second kappa shape index (κ2) is 10.7. The molecule has 0 aliphatic carbocycles. The lowest BCUT2D eigenvalue weighted by Gasteiger charge is -2.11. The van der Waals surface area contributed by atoms with Crippen LogP contribution in [-0.2, 0) is 11.3 Å². The molecule has 0 fully saturated rings. The van der Waals surface area contributed by atoms with Gasteiger partial charge < -0.3 is 10.6 Å². The van der Waals surface area contributed by atoms with Crippen LogP contribution in [0.2, 0.25) is 0 Å². The topological polar surface area (TPSA) is 88.9 Å². The minimum Gasteiger partial charge on any atom is -0.345 e. The molecule has 3 aromatic carbocycles. The number of nitrogens with one attached hydrogen (secondary N) is 2. The summed E-state index contributed by atoms with van der Waals surface area (Å²) < 4.78 is 28.2. The fourth-order valence-corrected chi connectivity index (χ4v) is 3.87. The highest BCUT2D eigenvalue weighted by Crippen LogP contribution is 2.22. The number of anilines is 1. The van der Waals surface area contributed by atoms with Crippen LogP contribution in [0.25, 0.3) is 5.69 Å². The second-order valence-corrected chi connectivity index (χ2v) is 8.05. The maximum atomic E-state index is 13.4. The summed E-state index contributed by atoms with van der Waals surface area (Å²) in [6, 6.07) is 20.1. The first-order chi connectivity index (χ1) is 16.5. The van der Waals surface area contributed by atoms with E-state index in [1.807, 2.05) is 30.3 Å². The summed E-state index contributed by atoms with van der Waals surface area (Å²) in [5.41, 5.74) is 1.43. The van der Waals surface area contributed by atoms with E-state index in [0.717, 1.165) is 11.8 Å². The monoisotopic (exact) mass is 479 g/mol. The molecular weight excluding hydrogens is 460 g/mol. The van der Waals surface area contributed by atoms with Gasteiger partial charge in [0.05, 0.1) is 12.3 Å². The van der Waals surface area contributed by atoms with E-state index in [0.29, 0.717) is 16.7 Å². The van der Waals surface area contributed by atoms with E-state index in [-0.39, 0.29) is 29.6 Å². The first kappa shape index (κ1) is 23.1. The van der Waals surface area contributed by atoms with Crippen molar-refractivity contribution >= 4 is 29.3 Å². The lowest BCUT2D eigenvalue weighted by Crippen LogP contribution is -2.24. The van der Waals surface area contributed by atoms with E-state index in [1.165, 1.54) is 54.2 Å². The molecule has 7 nitrogen and oxygen atoms in total. The first-order valence-electron chi connectivity index (χ1n) is 10.2. The molecule has 172 valence electrons. The Morgan fingerprint density at radius 2 is 1.65 bits per heavy atom. The van der Waals surface area contributed by atoms with Crippen molar-refractivity contribution in [3.63, 3.8) is 0 Å². The molecule has 34 heavy (non-hydrogen) atoms. The predicted octanol–water partition coefficient (Wildman–Crippen LogP) is 4.21. The van der Waals surface area contributed by atoms with Gasteiger partial charge in [-0.15, -0.1) is 10.2 Å². The average molecular weight is 480 g/mol. The summed E-state index contributed by atoms with van der Waals surface area (Å²) in [4.78, 5) is 24.8. The van der Waals surface area contributed by atoms with Gasteiger partial charge in [-0.05, 0) is 54.6 Å². The molecule has 0 bridgehead atoms. The molecule has 4 aromatic rings. The second-order valence-electron chi connectivity index (χ2n) is 7.11. The van der Waals surface area contributed by atoms with Gasteiger partial charge >= 0.3 is 0 Å². The van der Waals surface area contributed by atoms with Gasteiger partial charge in [0.15, 0.2) is 11.0 Å². The number of carbonyl (C=O) groups is 2. The molecule has 4 rings (SSSR count). The average Bonchev–Trinajstić information content (AvgIpc) is 3.26. The van der Waals surface area contributed by atoms with Crippen molar-refractivity contribution in [2.75, 3.05) is 11.1 Å². The molecule has 0 spiro atoms. The van der Waals surface area contributed by atoms with Gasteiger partial charge in [0.2, 0.25) is 5.91 Å². The summed E-state index contributed by atoms with van der Waals surface area (Å²) in [5.74, 6) is -1.15. The number of nitrogens with zero attached hydrogens (tertiary/aromatic N) is 3. The van der Waals surface area contributed by atoms with Gasteiger partial charge in [0.25, 0.3) is 5.91 Å². The van der Waals surface area contributed by atoms with Gasteiger partial charge in [-0.1, -0.05) is 36.0 Å². The number of aromatic nitrogens is 3. The maximum Gasteiger partial charge on any atom is 0.251 e. The predicted molar refractivity (Wildman–Crippen MR) is 125 cm³/mol. The van der Waals surface area contributed by atoms with Crippen LogP contribution in [0.1, 0.15) is 16.2 Å². The Kier molecular flexibility index (Phi) is 7.28. The van der Waals surface area contributed by atoms with E-state index in [1.54, 1.807) is 4.57 Å². The Labute approximate surface area is 198 Å². The zero-order chi connectivity index (χ0) is 23.9. The van der Waals surface area contributed by atoms with Crippen molar-refractivity contribution in [1.29, 1.82) is 0 Å². The highest BCUT2D eigenvalue weighted by molar-refractivity contribution is 7.99. The Bertz CT molecular complexity index is 1300. The normalized spacial score (nSPS) is 10.6. The van der Waals surface area contributed by atoms with Gasteiger partial charge in [-0.2, -0.15) is 0 Å². The SMILES string of the molecule is O=C(CSc1nnc(CNC(=O)c2cccc(F)c2)n1-c1ccccc1)Nc1ccc(F)cc1. The number of para-hydroxylation sites is 1. The van der Waals surface area contributed by atoms with Gasteiger partial charge in [-0.25, -0.2) is 8.78 Å². The highest BCUT2D eigenvalue weighted by atomic mass is 32.2. The van der Waals surface area contributed by atoms with Crippen molar-refractivity contribution in [2.45, 2.75) is 11.7 Å². The van der Waals surface area contributed by atoms with Crippen LogP contribution in [0, 0.1) is 11.6 Å². The van der Waals surface area contributed by atoms with E-state index in [2.05, 4.69) is 20.8 Å². The van der Waals surface area contributed by atoms with Gasteiger partial charge in [0, 0.05) is 16.9 Å². The van der Waals surface area contributed by atoms with Crippen molar-refractivity contribution in [3.8, 4) is 5.69 Å². The number of rotatable bonds is 8. The Morgan fingerprint density at radius 1 is 0.882 bits per heavy atom. The van der Waals surface area contributed by atoms with Crippen molar-refractivity contribution in [1.82, 2.24) is 20.1 Å². The van der Waals surface area contributed by atoms with Crippen molar-refractivity contribution in [3.05, 3.63) is 102 Å². The molecule has 0 radical (unpaired) electrons. The van der Waals surface area contributed by atoms with Crippen molar-refractivity contribution in [2.24, 2.45) is 0 Å². The number of hydrogen-bond donors (Lipinski definition) is 2. The zero-order valence-corrected chi connectivity index (χ0v) is 18.6. The van der Waals surface area contributed by atoms with E-state index in [4.69, 9.17) is 0 Å². The van der Waals surface area contributed by atoms with Crippen LogP contribution < -0.4 is 10.6 Å². The largest absolute Gasteiger partial charge is 0.345 e. The molecule has 0 aliphatic heterocycles. The highest BCUT2D eigenvalue weighted by Gasteiger charge is 2.17. The molecular formula is C24H19F2N5O2S. The Morgan fingerprint density at radius 3 is 2.38 bits per heavy atom. The summed E-state index contributed by atoms with van der Waals surface area (Å²) in [6.07, 6.45) is 0. The lowest BCUT2D eigenvalue weighted by molar-refractivity contribution is -0.113. The third-order valence-electron chi connectivity index (χ3n) is 4.67. The van der Waals surface area contributed by atoms with Crippen molar-refractivity contribution < 1.29 is 18.4 Å². The molecule has 1 aromatic heterocycles. The van der Waals surface area contributed by atoms with Crippen LogP contribution in [0.15, 0.2) is 84.0 Å². The molecule has 0 unspecified atom stereocenters. The Hall–Kier alpha value is -4.05.